The van der Waals surface area contributed by atoms with Gasteiger partial charge < -0.3 is 0 Å². The Hall–Kier alpha value is -3.79. The number of anilines is 1. The monoisotopic (exact) mass is 417 g/mol. The van der Waals surface area contributed by atoms with Gasteiger partial charge in [0.25, 0.3) is 5.91 Å². The quantitative estimate of drug-likeness (QED) is 0.421. The van der Waals surface area contributed by atoms with Gasteiger partial charge in [-0.2, -0.15) is 10.1 Å². The van der Waals surface area contributed by atoms with Crippen LogP contribution in [0.25, 0.3) is 10.9 Å². The fourth-order valence-corrected chi connectivity index (χ4v) is 5.43. The van der Waals surface area contributed by atoms with Crippen molar-refractivity contribution in [2.24, 2.45) is 10.5 Å². The van der Waals surface area contributed by atoms with Gasteiger partial charge in [-0.1, -0.05) is 72.3 Å². The predicted molar refractivity (Wildman–Crippen MR) is 128 cm³/mol. The molecule has 1 fully saturated rings. The SMILES string of the molecule is CC1=NN(c2ccccc2)C(=O)[C@@]12[C@H](c1cccc(C)c1)[C@H]2c1ccc2ccccc2n1. The first-order valence-electron chi connectivity index (χ1n) is 11.0. The van der Waals surface area contributed by atoms with E-state index in [2.05, 4.69) is 49.4 Å². The van der Waals surface area contributed by atoms with Gasteiger partial charge in [-0.05, 0) is 43.7 Å². The first-order valence-corrected chi connectivity index (χ1v) is 11.0. The maximum absolute atomic E-state index is 14.0. The van der Waals surface area contributed by atoms with Crippen molar-refractivity contribution in [3.8, 4) is 0 Å². The minimum atomic E-state index is -0.695. The molecule has 3 aromatic carbocycles. The fraction of sp³-hybridized carbons (Fsp3) is 0.179. The second-order valence-corrected chi connectivity index (χ2v) is 8.81. The van der Waals surface area contributed by atoms with Crippen LogP contribution in [-0.4, -0.2) is 16.6 Å². The number of hydrazone groups is 1. The summed E-state index contributed by atoms with van der Waals surface area (Å²) in [6, 6.07) is 30.5. The lowest BCUT2D eigenvalue weighted by Gasteiger charge is -2.15. The zero-order valence-electron chi connectivity index (χ0n) is 18.1. The van der Waals surface area contributed by atoms with Gasteiger partial charge in [-0.25, -0.2) is 0 Å². The summed E-state index contributed by atoms with van der Waals surface area (Å²) in [5, 5.41) is 7.45. The first kappa shape index (κ1) is 18.9. The van der Waals surface area contributed by atoms with Crippen molar-refractivity contribution in [1.29, 1.82) is 0 Å². The number of hydrogen-bond donors (Lipinski definition) is 0. The molecular weight excluding hydrogens is 394 g/mol. The van der Waals surface area contributed by atoms with Crippen molar-refractivity contribution in [3.05, 3.63) is 108 Å². The van der Waals surface area contributed by atoms with E-state index in [1.54, 1.807) is 5.01 Å². The van der Waals surface area contributed by atoms with Crippen LogP contribution in [-0.2, 0) is 4.79 Å². The summed E-state index contributed by atoms with van der Waals surface area (Å²) >= 11 is 0. The molecule has 0 N–H and O–H groups in total. The number of rotatable bonds is 3. The summed E-state index contributed by atoms with van der Waals surface area (Å²) in [5.41, 5.74) is 5.23. The van der Waals surface area contributed by atoms with Gasteiger partial charge in [0.1, 0.15) is 5.41 Å². The highest BCUT2D eigenvalue weighted by Gasteiger charge is 2.75. The van der Waals surface area contributed by atoms with E-state index in [9.17, 15) is 4.79 Å². The molecule has 2 aliphatic rings. The Kier molecular flexibility index (Phi) is 4.06. The van der Waals surface area contributed by atoms with Gasteiger partial charge in [-0.15, -0.1) is 0 Å². The molecule has 0 radical (unpaired) electrons. The first-order chi connectivity index (χ1) is 15.6. The number of pyridine rings is 1. The lowest BCUT2D eigenvalue weighted by atomic mass is 9.92. The Bertz CT molecular complexity index is 1390. The van der Waals surface area contributed by atoms with E-state index in [4.69, 9.17) is 10.1 Å². The number of para-hydroxylation sites is 2. The zero-order chi connectivity index (χ0) is 21.9. The molecule has 1 aliphatic heterocycles. The second kappa shape index (κ2) is 6.86. The predicted octanol–water partition coefficient (Wildman–Crippen LogP) is 5.83. The Morgan fingerprint density at radius 1 is 0.812 bits per heavy atom. The third kappa shape index (κ3) is 2.59. The number of nitrogens with zero attached hydrogens (tertiary/aromatic N) is 3. The van der Waals surface area contributed by atoms with Gasteiger partial charge >= 0.3 is 0 Å². The summed E-state index contributed by atoms with van der Waals surface area (Å²) in [6.45, 7) is 4.08. The normalized spacial score (nSPS) is 24.2. The third-order valence-electron chi connectivity index (χ3n) is 6.94. The number of aromatic nitrogens is 1. The third-order valence-corrected chi connectivity index (χ3v) is 6.94. The molecule has 156 valence electrons. The van der Waals surface area contributed by atoms with E-state index in [1.807, 2.05) is 55.5 Å². The molecule has 1 aliphatic carbocycles. The van der Waals surface area contributed by atoms with Crippen molar-refractivity contribution in [2.75, 3.05) is 5.01 Å². The number of aryl methyl sites for hydroxylation is 1. The van der Waals surface area contributed by atoms with Crippen LogP contribution in [0, 0.1) is 12.3 Å². The summed E-state index contributed by atoms with van der Waals surface area (Å²) < 4.78 is 0. The highest BCUT2D eigenvalue weighted by Crippen LogP contribution is 2.73. The molecule has 4 heteroatoms. The van der Waals surface area contributed by atoms with Crippen molar-refractivity contribution in [2.45, 2.75) is 25.7 Å². The number of carbonyl (C=O) groups is 1. The lowest BCUT2D eigenvalue weighted by molar-refractivity contribution is -0.121. The smallest absolute Gasteiger partial charge is 0.260 e. The minimum Gasteiger partial charge on any atom is -0.271 e. The molecule has 0 saturated heterocycles. The lowest BCUT2D eigenvalue weighted by Crippen LogP contribution is -2.30. The van der Waals surface area contributed by atoms with E-state index in [0.29, 0.717) is 0 Å². The molecule has 3 atom stereocenters. The minimum absolute atomic E-state index is 0.0148. The number of benzene rings is 3. The van der Waals surface area contributed by atoms with Crippen LogP contribution < -0.4 is 5.01 Å². The molecule has 4 aromatic rings. The molecule has 4 nitrogen and oxygen atoms in total. The zero-order valence-corrected chi connectivity index (χ0v) is 18.1. The van der Waals surface area contributed by atoms with E-state index in [1.165, 1.54) is 11.1 Å². The van der Waals surface area contributed by atoms with Crippen molar-refractivity contribution in [1.82, 2.24) is 4.98 Å². The number of amides is 1. The van der Waals surface area contributed by atoms with Crippen LogP contribution in [0.2, 0.25) is 0 Å². The average molecular weight is 418 g/mol. The molecule has 2 heterocycles. The molecule has 1 saturated carbocycles. The highest BCUT2D eigenvalue weighted by atomic mass is 16.2. The Labute approximate surface area is 187 Å². The molecule has 0 bridgehead atoms. The summed E-state index contributed by atoms with van der Waals surface area (Å²) in [4.78, 5) is 19.0. The van der Waals surface area contributed by atoms with E-state index in [0.717, 1.165) is 28.0 Å². The van der Waals surface area contributed by atoms with Crippen LogP contribution in [0.4, 0.5) is 5.69 Å². The summed E-state index contributed by atoms with van der Waals surface area (Å²) in [6.07, 6.45) is 0. The maximum atomic E-state index is 14.0. The largest absolute Gasteiger partial charge is 0.271 e. The van der Waals surface area contributed by atoms with Gasteiger partial charge in [0.15, 0.2) is 0 Å². The van der Waals surface area contributed by atoms with Crippen molar-refractivity contribution in [3.63, 3.8) is 0 Å². The van der Waals surface area contributed by atoms with Gasteiger partial charge in [0.05, 0.1) is 16.9 Å². The van der Waals surface area contributed by atoms with Crippen LogP contribution in [0.1, 0.15) is 35.6 Å². The molecule has 1 spiro atoms. The standard InChI is InChI=1S/C28H23N3O/c1-18-9-8-11-21(17-18)25-26(24-16-15-20-10-6-7-14-23(20)29-24)28(25)19(2)30-31(27(28)32)22-12-4-3-5-13-22/h3-17,25-26H,1-2H3/t25-,26-,28-/m1/s1. The molecule has 1 aromatic heterocycles. The molecule has 1 amide bonds. The van der Waals surface area contributed by atoms with E-state index >= 15 is 0 Å². The summed E-state index contributed by atoms with van der Waals surface area (Å²) in [5.74, 6) is 0.00700. The van der Waals surface area contributed by atoms with E-state index in [-0.39, 0.29) is 17.7 Å². The van der Waals surface area contributed by atoms with Crippen LogP contribution in [0.15, 0.2) is 96.1 Å². The Balaban J connectivity index is 1.51. The summed E-state index contributed by atoms with van der Waals surface area (Å²) in [7, 11) is 0. The Morgan fingerprint density at radius 3 is 2.41 bits per heavy atom. The molecule has 6 rings (SSSR count). The topological polar surface area (TPSA) is 45.6 Å². The van der Waals surface area contributed by atoms with Gasteiger partial charge in [-0.3, -0.25) is 9.78 Å². The average Bonchev–Trinajstić information content (AvgIpc) is 3.47. The van der Waals surface area contributed by atoms with Crippen LogP contribution in [0.5, 0.6) is 0 Å². The maximum Gasteiger partial charge on any atom is 0.260 e. The molecular formula is C28H23N3O. The van der Waals surface area contributed by atoms with Crippen molar-refractivity contribution >= 4 is 28.2 Å². The van der Waals surface area contributed by atoms with Crippen LogP contribution >= 0.6 is 0 Å². The van der Waals surface area contributed by atoms with Crippen LogP contribution in [0.3, 0.4) is 0 Å². The second-order valence-electron chi connectivity index (χ2n) is 8.81. The highest BCUT2D eigenvalue weighted by molar-refractivity contribution is 6.23. The number of carbonyl (C=O) groups excluding carboxylic acids is 1. The molecule has 32 heavy (non-hydrogen) atoms. The van der Waals surface area contributed by atoms with Gasteiger partial charge in [0, 0.05) is 22.9 Å². The fourth-order valence-electron chi connectivity index (χ4n) is 5.43. The molecule has 0 unspecified atom stereocenters. The van der Waals surface area contributed by atoms with E-state index < -0.39 is 5.41 Å². The Morgan fingerprint density at radius 2 is 1.59 bits per heavy atom. The van der Waals surface area contributed by atoms with Gasteiger partial charge in [0.2, 0.25) is 0 Å². The van der Waals surface area contributed by atoms with Crippen molar-refractivity contribution < 1.29 is 4.79 Å². The number of fused-ring (bicyclic) bond motifs is 1. The number of hydrogen-bond acceptors (Lipinski definition) is 3.